The highest BCUT2D eigenvalue weighted by atomic mass is 32.1. The monoisotopic (exact) mass is 223 g/mol. The first kappa shape index (κ1) is 9.36. The molecule has 3 heterocycles. The lowest BCUT2D eigenvalue weighted by molar-refractivity contribution is 0.0307. The van der Waals surface area contributed by atoms with Gasteiger partial charge in [0.25, 0.3) is 0 Å². The molecule has 0 N–H and O–H groups in total. The van der Waals surface area contributed by atoms with Crippen LogP contribution in [0.3, 0.4) is 0 Å². The SMILES string of the molecule is O=Cc1ccc(N2CC3CCC(C2)O3)s1. The number of aldehydes is 1. The molecule has 1 aromatic heterocycles. The van der Waals surface area contributed by atoms with Crippen LogP contribution in [0.4, 0.5) is 5.00 Å². The van der Waals surface area contributed by atoms with Gasteiger partial charge in [-0.05, 0) is 25.0 Å². The average Bonchev–Trinajstić information content (AvgIpc) is 2.85. The van der Waals surface area contributed by atoms with Gasteiger partial charge >= 0.3 is 0 Å². The lowest BCUT2D eigenvalue weighted by atomic mass is 10.2. The van der Waals surface area contributed by atoms with Crippen LogP contribution in [0.5, 0.6) is 0 Å². The van der Waals surface area contributed by atoms with E-state index in [0.717, 1.165) is 24.3 Å². The van der Waals surface area contributed by atoms with Crippen LogP contribution in [0.2, 0.25) is 0 Å². The van der Waals surface area contributed by atoms with Gasteiger partial charge in [0.2, 0.25) is 0 Å². The Hall–Kier alpha value is -0.870. The Morgan fingerprint density at radius 1 is 1.33 bits per heavy atom. The molecule has 0 aromatic carbocycles. The minimum Gasteiger partial charge on any atom is -0.371 e. The van der Waals surface area contributed by atoms with E-state index in [9.17, 15) is 4.79 Å². The zero-order chi connectivity index (χ0) is 10.3. The van der Waals surface area contributed by atoms with Crippen molar-refractivity contribution >= 4 is 22.6 Å². The molecule has 4 heteroatoms. The van der Waals surface area contributed by atoms with E-state index in [4.69, 9.17) is 4.74 Å². The zero-order valence-electron chi connectivity index (χ0n) is 8.39. The molecule has 0 amide bonds. The maximum absolute atomic E-state index is 10.6. The molecule has 80 valence electrons. The summed E-state index contributed by atoms with van der Waals surface area (Å²) in [5.41, 5.74) is 0. The number of morpholine rings is 1. The number of hydrogen-bond acceptors (Lipinski definition) is 4. The minimum atomic E-state index is 0.408. The van der Waals surface area contributed by atoms with Crippen molar-refractivity contribution < 1.29 is 9.53 Å². The van der Waals surface area contributed by atoms with Gasteiger partial charge in [0.05, 0.1) is 22.1 Å². The van der Waals surface area contributed by atoms with Crippen molar-refractivity contribution in [2.45, 2.75) is 25.0 Å². The largest absolute Gasteiger partial charge is 0.371 e. The van der Waals surface area contributed by atoms with E-state index in [1.54, 1.807) is 11.3 Å². The van der Waals surface area contributed by atoms with E-state index >= 15 is 0 Å². The summed E-state index contributed by atoms with van der Waals surface area (Å²) >= 11 is 1.57. The lowest BCUT2D eigenvalue weighted by Gasteiger charge is -2.32. The molecule has 2 atom stereocenters. The normalized spacial score (nSPS) is 29.5. The number of fused-ring (bicyclic) bond motifs is 2. The third-order valence-electron chi connectivity index (χ3n) is 3.08. The number of carbonyl (C=O) groups excluding carboxylic acids is 1. The van der Waals surface area contributed by atoms with E-state index in [1.165, 1.54) is 17.8 Å². The number of carbonyl (C=O) groups is 1. The van der Waals surface area contributed by atoms with Crippen molar-refractivity contribution in [1.29, 1.82) is 0 Å². The predicted molar refractivity (Wildman–Crippen MR) is 59.8 cm³/mol. The maximum atomic E-state index is 10.6. The first-order valence-corrected chi connectivity index (χ1v) is 6.12. The van der Waals surface area contributed by atoms with Gasteiger partial charge in [-0.2, -0.15) is 0 Å². The first-order valence-electron chi connectivity index (χ1n) is 5.30. The van der Waals surface area contributed by atoms with Crippen LogP contribution in [0, 0.1) is 0 Å². The summed E-state index contributed by atoms with van der Waals surface area (Å²) in [6, 6.07) is 3.93. The molecule has 0 aliphatic carbocycles. The van der Waals surface area contributed by atoms with Gasteiger partial charge in [-0.15, -0.1) is 11.3 Å². The van der Waals surface area contributed by atoms with Gasteiger partial charge in [-0.3, -0.25) is 4.79 Å². The molecule has 3 rings (SSSR count). The Labute approximate surface area is 92.6 Å². The molecule has 0 spiro atoms. The van der Waals surface area contributed by atoms with Gasteiger partial charge in [0.1, 0.15) is 0 Å². The second-order valence-corrected chi connectivity index (χ2v) is 5.25. The van der Waals surface area contributed by atoms with E-state index in [-0.39, 0.29) is 0 Å². The molecule has 0 saturated carbocycles. The Morgan fingerprint density at radius 3 is 2.67 bits per heavy atom. The molecule has 1 aromatic rings. The standard InChI is InChI=1S/C11H13NO2S/c13-7-10-3-4-11(15-10)12-5-8-1-2-9(6-12)14-8/h3-4,7-9H,1-2,5-6H2. The fraction of sp³-hybridized carbons (Fsp3) is 0.545. The average molecular weight is 223 g/mol. The van der Waals surface area contributed by atoms with Crippen LogP contribution in [0.15, 0.2) is 12.1 Å². The Morgan fingerprint density at radius 2 is 2.07 bits per heavy atom. The molecular weight excluding hydrogens is 210 g/mol. The summed E-state index contributed by atoms with van der Waals surface area (Å²) in [5.74, 6) is 0. The second-order valence-electron chi connectivity index (χ2n) is 4.16. The molecular formula is C11H13NO2S. The molecule has 2 fully saturated rings. The highest BCUT2D eigenvalue weighted by Crippen LogP contribution is 2.32. The Balaban J connectivity index is 1.79. The van der Waals surface area contributed by atoms with Crippen LogP contribution in [0.25, 0.3) is 0 Å². The molecule has 3 nitrogen and oxygen atoms in total. The minimum absolute atomic E-state index is 0.408. The molecule has 15 heavy (non-hydrogen) atoms. The predicted octanol–water partition coefficient (Wildman–Crippen LogP) is 1.93. The zero-order valence-corrected chi connectivity index (χ0v) is 9.20. The number of anilines is 1. The smallest absolute Gasteiger partial charge is 0.160 e. The fourth-order valence-electron chi connectivity index (χ4n) is 2.37. The van der Waals surface area contributed by atoms with E-state index in [1.807, 2.05) is 12.1 Å². The van der Waals surface area contributed by atoms with Crippen molar-refractivity contribution in [3.8, 4) is 0 Å². The molecule has 0 radical (unpaired) electrons. The van der Waals surface area contributed by atoms with Crippen molar-refractivity contribution in [2.24, 2.45) is 0 Å². The third-order valence-corrected chi connectivity index (χ3v) is 4.16. The second kappa shape index (κ2) is 3.61. The highest BCUT2D eigenvalue weighted by molar-refractivity contribution is 7.17. The van der Waals surface area contributed by atoms with Crippen LogP contribution >= 0.6 is 11.3 Å². The van der Waals surface area contributed by atoms with Crippen molar-refractivity contribution in [3.63, 3.8) is 0 Å². The van der Waals surface area contributed by atoms with Gasteiger partial charge in [-0.25, -0.2) is 0 Å². The van der Waals surface area contributed by atoms with Crippen LogP contribution in [0.1, 0.15) is 22.5 Å². The summed E-state index contributed by atoms with van der Waals surface area (Å²) < 4.78 is 5.78. The Kier molecular flexibility index (Phi) is 2.25. The fourth-order valence-corrected chi connectivity index (χ4v) is 3.21. The first-order chi connectivity index (χ1) is 7.35. The summed E-state index contributed by atoms with van der Waals surface area (Å²) in [4.78, 5) is 13.8. The van der Waals surface area contributed by atoms with Gasteiger partial charge < -0.3 is 9.64 Å². The maximum Gasteiger partial charge on any atom is 0.160 e. The van der Waals surface area contributed by atoms with Crippen LogP contribution < -0.4 is 4.90 Å². The van der Waals surface area contributed by atoms with Crippen molar-refractivity contribution in [3.05, 3.63) is 17.0 Å². The van der Waals surface area contributed by atoms with Gasteiger partial charge in [-0.1, -0.05) is 0 Å². The Bertz CT molecular complexity index is 364. The number of ether oxygens (including phenoxy) is 1. The summed E-state index contributed by atoms with van der Waals surface area (Å²) in [7, 11) is 0. The van der Waals surface area contributed by atoms with E-state index < -0.39 is 0 Å². The lowest BCUT2D eigenvalue weighted by Crippen LogP contribution is -2.42. The molecule has 2 aliphatic heterocycles. The molecule has 2 bridgehead atoms. The number of rotatable bonds is 2. The number of nitrogens with zero attached hydrogens (tertiary/aromatic N) is 1. The third kappa shape index (κ3) is 1.68. The molecule has 2 aliphatic rings. The topological polar surface area (TPSA) is 29.5 Å². The quantitative estimate of drug-likeness (QED) is 0.717. The van der Waals surface area contributed by atoms with E-state index in [0.29, 0.717) is 12.2 Å². The van der Waals surface area contributed by atoms with Gasteiger partial charge in [0, 0.05) is 13.1 Å². The summed E-state index contributed by atoms with van der Waals surface area (Å²) in [6.45, 7) is 1.96. The van der Waals surface area contributed by atoms with Crippen LogP contribution in [-0.2, 0) is 4.74 Å². The highest BCUT2D eigenvalue weighted by Gasteiger charge is 2.34. The number of hydrogen-bond donors (Lipinski definition) is 0. The van der Waals surface area contributed by atoms with Crippen molar-refractivity contribution in [1.82, 2.24) is 0 Å². The number of thiophene rings is 1. The summed E-state index contributed by atoms with van der Waals surface area (Å²) in [6.07, 6.45) is 4.11. The van der Waals surface area contributed by atoms with E-state index in [2.05, 4.69) is 4.90 Å². The molecule has 2 unspecified atom stereocenters. The van der Waals surface area contributed by atoms with Crippen molar-refractivity contribution in [2.75, 3.05) is 18.0 Å². The summed E-state index contributed by atoms with van der Waals surface area (Å²) in [5, 5.41) is 1.21. The van der Waals surface area contributed by atoms with Gasteiger partial charge in [0.15, 0.2) is 6.29 Å². The van der Waals surface area contributed by atoms with Crippen LogP contribution in [-0.4, -0.2) is 31.6 Å². The molecule has 2 saturated heterocycles.